The van der Waals surface area contributed by atoms with Gasteiger partial charge in [0.1, 0.15) is 5.75 Å². The summed E-state index contributed by atoms with van der Waals surface area (Å²) in [6.07, 6.45) is -3.61. The van der Waals surface area contributed by atoms with E-state index in [2.05, 4.69) is 15.9 Å². The van der Waals surface area contributed by atoms with E-state index < -0.39 is 24.1 Å². The highest BCUT2D eigenvalue weighted by molar-refractivity contribution is 9.10. The summed E-state index contributed by atoms with van der Waals surface area (Å²) >= 11 is 9.05. The van der Waals surface area contributed by atoms with Gasteiger partial charge in [-0.25, -0.2) is 13.6 Å². The van der Waals surface area contributed by atoms with Gasteiger partial charge in [-0.2, -0.15) is 0 Å². The SMILES string of the molecule is O=C(O)C1=Cc2cc(Br)cc(Cl)c2OC1C(F)F. The van der Waals surface area contributed by atoms with Crippen LogP contribution in [0.15, 0.2) is 22.2 Å². The molecular formula is C11H6BrClF2O3. The van der Waals surface area contributed by atoms with Crippen LogP contribution in [0.2, 0.25) is 5.02 Å². The molecule has 2 rings (SSSR count). The molecule has 1 N–H and O–H groups in total. The molecule has 0 aromatic heterocycles. The maximum atomic E-state index is 12.8. The maximum Gasteiger partial charge on any atom is 0.335 e. The Labute approximate surface area is 114 Å². The zero-order chi connectivity index (χ0) is 13.4. The second-order valence-corrected chi connectivity index (χ2v) is 4.91. The summed E-state index contributed by atoms with van der Waals surface area (Å²) in [5.41, 5.74) is -0.143. The zero-order valence-electron chi connectivity index (χ0n) is 8.66. The van der Waals surface area contributed by atoms with Crippen molar-refractivity contribution >= 4 is 39.6 Å². The van der Waals surface area contributed by atoms with Gasteiger partial charge in [0.05, 0.1) is 10.6 Å². The first-order chi connectivity index (χ1) is 8.40. The van der Waals surface area contributed by atoms with E-state index in [4.69, 9.17) is 21.4 Å². The highest BCUT2D eigenvalue weighted by atomic mass is 79.9. The lowest BCUT2D eigenvalue weighted by atomic mass is 10.0. The molecule has 1 aromatic rings. The summed E-state index contributed by atoms with van der Waals surface area (Å²) in [5, 5.41) is 9.04. The summed E-state index contributed by atoms with van der Waals surface area (Å²) < 4.78 is 31.1. The first-order valence-corrected chi connectivity index (χ1v) is 5.96. The van der Waals surface area contributed by atoms with Crippen LogP contribution in [0.3, 0.4) is 0 Å². The molecule has 1 unspecified atom stereocenters. The summed E-state index contributed by atoms with van der Waals surface area (Å²) in [5.74, 6) is -1.38. The average Bonchev–Trinajstić information content (AvgIpc) is 2.26. The Kier molecular flexibility index (Phi) is 3.59. The molecule has 0 spiro atoms. The monoisotopic (exact) mass is 338 g/mol. The molecule has 0 aliphatic carbocycles. The third-order valence-corrected chi connectivity index (χ3v) is 3.11. The van der Waals surface area contributed by atoms with Gasteiger partial charge >= 0.3 is 5.97 Å². The van der Waals surface area contributed by atoms with Crippen molar-refractivity contribution in [3.63, 3.8) is 0 Å². The molecule has 7 heteroatoms. The van der Waals surface area contributed by atoms with Crippen LogP contribution in [0, 0.1) is 0 Å². The number of carbonyl (C=O) groups is 1. The smallest absolute Gasteiger partial charge is 0.335 e. The molecule has 1 heterocycles. The van der Waals surface area contributed by atoms with E-state index in [1.165, 1.54) is 6.07 Å². The summed E-state index contributed by atoms with van der Waals surface area (Å²) in [4.78, 5) is 10.9. The lowest BCUT2D eigenvalue weighted by Gasteiger charge is -2.25. The Balaban J connectivity index is 2.58. The van der Waals surface area contributed by atoms with E-state index in [9.17, 15) is 13.6 Å². The lowest BCUT2D eigenvalue weighted by Crippen LogP contribution is -2.33. The van der Waals surface area contributed by atoms with E-state index in [-0.39, 0.29) is 10.8 Å². The van der Waals surface area contributed by atoms with Crippen molar-refractivity contribution in [3.8, 4) is 5.75 Å². The highest BCUT2D eigenvalue weighted by Crippen LogP contribution is 2.39. The van der Waals surface area contributed by atoms with Gasteiger partial charge < -0.3 is 9.84 Å². The van der Waals surface area contributed by atoms with Gasteiger partial charge in [0, 0.05) is 10.0 Å². The molecule has 1 atom stereocenters. The van der Waals surface area contributed by atoms with Crippen molar-refractivity contribution in [1.82, 2.24) is 0 Å². The molecule has 1 aromatic carbocycles. The number of benzene rings is 1. The fourth-order valence-electron chi connectivity index (χ4n) is 1.62. The molecule has 1 aliphatic rings. The molecule has 0 amide bonds. The van der Waals surface area contributed by atoms with Crippen LogP contribution in [0.1, 0.15) is 5.56 Å². The second kappa shape index (κ2) is 4.85. The van der Waals surface area contributed by atoms with Crippen LogP contribution in [-0.2, 0) is 4.79 Å². The van der Waals surface area contributed by atoms with Crippen LogP contribution in [0.25, 0.3) is 6.08 Å². The van der Waals surface area contributed by atoms with E-state index in [1.807, 2.05) is 0 Å². The predicted octanol–water partition coefficient (Wildman–Crippen LogP) is 3.60. The van der Waals surface area contributed by atoms with Gasteiger partial charge in [-0.1, -0.05) is 27.5 Å². The van der Waals surface area contributed by atoms with Crippen LogP contribution < -0.4 is 4.74 Å². The number of fused-ring (bicyclic) bond motifs is 1. The third kappa shape index (κ3) is 2.35. The number of alkyl halides is 2. The van der Waals surface area contributed by atoms with Gasteiger partial charge in [-0.3, -0.25) is 0 Å². The first kappa shape index (κ1) is 13.3. The highest BCUT2D eigenvalue weighted by Gasteiger charge is 2.35. The largest absolute Gasteiger partial charge is 0.478 e. The van der Waals surface area contributed by atoms with Crippen molar-refractivity contribution in [2.75, 3.05) is 0 Å². The Morgan fingerprint density at radius 3 is 2.72 bits per heavy atom. The van der Waals surface area contributed by atoms with Crippen molar-refractivity contribution in [1.29, 1.82) is 0 Å². The summed E-state index contributed by atoms with van der Waals surface area (Å²) in [6, 6.07) is 3.04. The Morgan fingerprint density at radius 2 is 2.17 bits per heavy atom. The predicted molar refractivity (Wildman–Crippen MR) is 65.2 cm³/mol. The summed E-state index contributed by atoms with van der Waals surface area (Å²) in [7, 11) is 0. The van der Waals surface area contributed by atoms with Gasteiger partial charge in [0.25, 0.3) is 6.43 Å². The average molecular weight is 340 g/mol. The van der Waals surface area contributed by atoms with E-state index >= 15 is 0 Å². The quantitative estimate of drug-likeness (QED) is 0.895. The molecule has 96 valence electrons. The van der Waals surface area contributed by atoms with Crippen LogP contribution in [0.5, 0.6) is 5.75 Å². The number of carboxylic acid groups (broad SMARTS) is 1. The third-order valence-electron chi connectivity index (χ3n) is 2.38. The topological polar surface area (TPSA) is 46.5 Å². The molecule has 0 fully saturated rings. The molecule has 1 aliphatic heterocycles. The van der Waals surface area contributed by atoms with Crippen LogP contribution >= 0.6 is 27.5 Å². The van der Waals surface area contributed by atoms with Gasteiger partial charge in [-0.15, -0.1) is 0 Å². The molecule has 18 heavy (non-hydrogen) atoms. The molecule has 3 nitrogen and oxygen atoms in total. The molecule has 0 bridgehead atoms. The van der Waals surface area contributed by atoms with Crippen LogP contribution in [-0.4, -0.2) is 23.6 Å². The maximum absolute atomic E-state index is 12.8. The Morgan fingerprint density at radius 1 is 1.50 bits per heavy atom. The minimum Gasteiger partial charge on any atom is -0.478 e. The van der Waals surface area contributed by atoms with E-state index in [0.29, 0.717) is 10.0 Å². The molecule has 0 saturated heterocycles. The summed E-state index contributed by atoms with van der Waals surface area (Å²) in [6.45, 7) is 0. The number of ether oxygens (including phenoxy) is 1. The minimum absolute atomic E-state index is 0.0650. The fraction of sp³-hybridized carbons (Fsp3) is 0.182. The standard InChI is InChI=1S/C11H6BrClF2O3/c12-5-1-4-2-6(11(16)17)9(10(14)15)18-8(4)7(13)3-5/h1-3,9-10H,(H,16,17). The number of halogens is 4. The number of aliphatic carboxylic acids is 1. The van der Waals surface area contributed by atoms with Gasteiger partial charge in [0.2, 0.25) is 0 Å². The van der Waals surface area contributed by atoms with Gasteiger partial charge in [-0.05, 0) is 18.2 Å². The van der Waals surface area contributed by atoms with Crippen molar-refractivity contribution in [2.24, 2.45) is 0 Å². The molecule has 0 saturated carbocycles. The number of hydrogen-bond acceptors (Lipinski definition) is 2. The van der Waals surface area contributed by atoms with E-state index in [0.717, 1.165) is 6.08 Å². The first-order valence-electron chi connectivity index (χ1n) is 4.79. The number of carboxylic acids is 1. The fourth-order valence-corrected chi connectivity index (χ4v) is 2.50. The number of hydrogen-bond donors (Lipinski definition) is 1. The minimum atomic E-state index is -2.94. The van der Waals surface area contributed by atoms with E-state index in [1.54, 1.807) is 6.07 Å². The van der Waals surface area contributed by atoms with Crippen LogP contribution in [0.4, 0.5) is 8.78 Å². The number of rotatable bonds is 2. The molecular weight excluding hydrogens is 333 g/mol. The Bertz CT molecular complexity index is 545. The second-order valence-electron chi connectivity index (χ2n) is 3.58. The van der Waals surface area contributed by atoms with Crippen molar-refractivity contribution < 1.29 is 23.4 Å². The van der Waals surface area contributed by atoms with Crippen molar-refractivity contribution in [2.45, 2.75) is 12.5 Å². The van der Waals surface area contributed by atoms with Crippen molar-refractivity contribution in [3.05, 3.63) is 32.8 Å². The molecule has 0 radical (unpaired) electrons. The zero-order valence-corrected chi connectivity index (χ0v) is 11.0. The Hall–Kier alpha value is -1.14. The lowest BCUT2D eigenvalue weighted by molar-refractivity contribution is -0.134. The van der Waals surface area contributed by atoms with Gasteiger partial charge in [0.15, 0.2) is 6.10 Å². The normalized spacial score (nSPS) is 18.1.